The number of nitrogens with one attached hydrogen (secondary N) is 1. The Morgan fingerprint density at radius 3 is 2.66 bits per heavy atom. The second-order valence-corrected chi connectivity index (χ2v) is 7.66. The predicted molar refractivity (Wildman–Crippen MR) is 111 cm³/mol. The van der Waals surface area contributed by atoms with Crippen LogP contribution in [0.15, 0.2) is 57.3 Å². The van der Waals surface area contributed by atoms with Crippen molar-refractivity contribution in [2.75, 3.05) is 6.79 Å². The number of fused-ring (bicyclic) bond motifs is 2. The van der Waals surface area contributed by atoms with E-state index < -0.39 is 0 Å². The van der Waals surface area contributed by atoms with Gasteiger partial charge in [-0.3, -0.25) is 4.79 Å². The molecule has 2 aromatic carbocycles. The van der Waals surface area contributed by atoms with E-state index in [2.05, 4.69) is 15.2 Å². The molecule has 1 aliphatic rings. The zero-order valence-corrected chi connectivity index (χ0v) is 16.7. The molecule has 0 unspecified atom stereocenters. The molecule has 0 saturated heterocycles. The zero-order valence-electron chi connectivity index (χ0n) is 15.9. The number of hydrogen-bond donors (Lipinski definition) is 1. The average Bonchev–Trinajstić information content (AvgIpc) is 3.36. The molecule has 5 rings (SSSR count). The van der Waals surface area contributed by atoms with E-state index in [9.17, 15) is 4.79 Å². The molecule has 1 aliphatic heterocycles. The summed E-state index contributed by atoms with van der Waals surface area (Å²) in [4.78, 5) is 16.4. The molecule has 0 atom stereocenters. The fourth-order valence-electron chi connectivity index (χ4n) is 3.49. The van der Waals surface area contributed by atoms with E-state index >= 15 is 0 Å². The second-order valence-electron chi connectivity index (χ2n) is 6.68. The molecule has 4 aromatic rings. The lowest BCUT2D eigenvalue weighted by Gasteiger charge is -2.10. The number of ether oxygens (including phenoxy) is 2. The number of rotatable bonds is 4. The highest BCUT2D eigenvalue weighted by Gasteiger charge is 2.20. The molecule has 0 radical (unpaired) electrons. The lowest BCUT2D eigenvalue weighted by atomic mass is 10.1. The van der Waals surface area contributed by atoms with Crippen molar-refractivity contribution in [2.45, 2.75) is 30.4 Å². The summed E-state index contributed by atoms with van der Waals surface area (Å²) in [6.07, 6.45) is 0. The highest BCUT2D eigenvalue weighted by atomic mass is 32.2. The van der Waals surface area contributed by atoms with Crippen molar-refractivity contribution in [3.8, 4) is 22.9 Å². The molecule has 7 nitrogen and oxygen atoms in total. The molecule has 8 heteroatoms. The van der Waals surface area contributed by atoms with E-state index in [1.165, 1.54) is 11.8 Å². The first-order chi connectivity index (χ1) is 14.2. The minimum Gasteiger partial charge on any atom is -0.454 e. The van der Waals surface area contributed by atoms with Gasteiger partial charge in [-0.05, 0) is 37.2 Å². The van der Waals surface area contributed by atoms with Gasteiger partial charge in [0.25, 0.3) is 5.56 Å². The molecule has 0 aliphatic carbocycles. The smallest absolute Gasteiger partial charge is 0.262 e. The fraction of sp³-hybridized carbons (Fsp3) is 0.190. The van der Waals surface area contributed by atoms with E-state index in [1.807, 2.05) is 60.9 Å². The number of aromatic nitrogens is 4. The van der Waals surface area contributed by atoms with Gasteiger partial charge < -0.3 is 19.0 Å². The first-order valence-corrected chi connectivity index (χ1v) is 10.1. The van der Waals surface area contributed by atoms with Crippen LogP contribution in [0.4, 0.5) is 0 Å². The topological polar surface area (TPSA) is 82.0 Å². The Labute approximate surface area is 170 Å². The Hall–Kier alpha value is -3.26. The highest BCUT2D eigenvalue weighted by molar-refractivity contribution is 7.99. The maximum absolute atomic E-state index is 12.8. The quantitative estimate of drug-likeness (QED) is 0.552. The minimum atomic E-state index is -0.161. The van der Waals surface area contributed by atoms with Gasteiger partial charge in [0.05, 0.1) is 10.4 Å². The standard InChI is InChI=1S/C21H18N4O3S/c1-3-25-19(13-7-5-4-6-8-13)23-24-21(25)29-18-12(2)14-9-16-17(28-11-27-16)10-15(14)22-20(18)26/h4-10H,3,11H2,1-2H3,(H,22,26). The Balaban J connectivity index is 1.60. The minimum absolute atomic E-state index is 0.161. The van der Waals surface area contributed by atoms with E-state index in [4.69, 9.17) is 9.47 Å². The van der Waals surface area contributed by atoms with Gasteiger partial charge in [0.15, 0.2) is 22.5 Å². The molecule has 0 saturated carbocycles. The van der Waals surface area contributed by atoms with Gasteiger partial charge in [0, 0.05) is 23.6 Å². The second kappa shape index (κ2) is 6.97. The SMILES string of the molecule is CCn1c(Sc2c(C)c3cc4c(cc3[nH]c2=O)OCO4)nnc1-c1ccccc1. The van der Waals surface area contributed by atoms with Gasteiger partial charge in [-0.1, -0.05) is 30.3 Å². The third-order valence-corrected chi connectivity index (χ3v) is 6.15. The highest BCUT2D eigenvalue weighted by Crippen LogP contribution is 2.38. The van der Waals surface area contributed by atoms with Crippen LogP contribution in [0.3, 0.4) is 0 Å². The lowest BCUT2D eigenvalue weighted by molar-refractivity contribution is 0.174. The molecule has 0 spiro atoms. The Kier molecular flexibility index (Phi) is 4.28. The summed E-state index contributed by atoms with van der Waals surface area (Å²) in [7, 11) is 0. The number of aryl methyl sites for hydroxylation is 1. The maximum Gasteiger partial charge on any atom is 0.262 e. The van der Waals surface area contributed by atoms with Crippen molar-refractivity contribution in [3.05, 3.63) is 58.4 Å². The summed E-state index contributed by atoms with van der Waals surface area (Å²) >= 11 is 1.33. The number of benzene rings is 2. The molecule has 0 amide bonds. The van der Waals surface area contributed by atoms with Gasteiger partial charge in [0.1, 0.15) is 0 Å². The van der Waals surface area contributed by atoms with Crippen molar-refractivity contribution >= 4 is 22.7 Å². The average molecular weight is 406 g/mol. The largest absolute Gasteiger partial charge is 0.454 e. The van der Waals surface area contributed by atoms with Gasteiger partial charge >= 0.3 is 0 Å². The lowest BCUT2D eigenvalue weighted by Crippen LogP contribution is -2.11. The monoisotopic (exact) mass is 406 g/mol. The van der Waals surface area contributed by atoms with Crippen LogP contribution in [-0.4, -0.2) is 26.5 Å². The van der Waals surface area contributed by atoms with Crippen molar-refractivity contribution < 1.29 is 9.47 Å². The van der Waals surface area contributed by atoms with E-state index in [0.717, 1.165) is 27.9 Å². The Morgan fingerprint density at radius 1 is 1.14 bits per heavy atom. The first kappa shape index (κ1) is 17.8. The summed E-state index contributed by atoms with van der Waals surface area (Å²) in [6, 6.07) is 13.6. The van der Waals surface area contributed by atoms with Crippen LogP contribution in [0.1, 0.15) is 12.5 Å². The van der Waals surface area contributed by atoms with Crippen LogP contribution in [0.5, 0.6) is 11.5 Å². The van der Waals surface area contributed by atoms with Crippen LogP contribution < -0.4 is 15.0 Å². The van der Waals surface area contributed by atoms with Crippen LogP contribution in [-0.2, 0) is 6.54 Å². The molecule has 0 bridgehead atoms. The third kappa shape index (κ3) is 2.96. The molecule has 2 aromatic heterocycles. The van der Waals surface area contributed by atoms with E-state index in [-0.39, 0.29) is 12.4 Å². The molecule has 3 heterocycles. The summed E-state index contributed by atoms with van der Waals surface area (Å²) in [5, 5.41) is 10.3. The van der Waals surface area contributed by atoms with Gasteiger partial charge in [-0.2, -0.15) is 0 Å². The van der Waals surface area contributed by atoms with Crippen LogP contribution >= 0.6 is 11.8 Å². The van der Waals surface area contributed by atoms with Crippen LogP contribution in [0.25, 0.3) is 22.3 Å². The molecular weight excluding hydrogens is 388 g/mol. The summed E-state index contributed by atoms with van der Waals surface area (Å²) in [5.41, 5.74) is 2.43. The van der Waals surface area contributed by atoms with Crippen molar-refractivity contribution in [2.24, 2.45) is 0 Å². The summed E-state index contributed by atoms with van der Waals surface area (Å²) < 4.78 is 12.9. The van der Waals surface area contributed by atoms with Gasteiger partial charge in [-0.15, -0.1) is 10.2 Å². The predicted octanol–water partition coefficient (Wildman–Crippen LogP) is 3.99. The van der Waals surface area contributed by atoms with E-state index in [0.29, 0.717) is 28.1 Å². The molecule has 0 fully saturated rings. The Morgan fingerprint density at radius 2 is 1.90 bits per heavy atom. The maximum atomic E-state index is 12.8. The van der Waals surface area contributed by atoms with Crippen molar-refractivity contribution in [1.29, 1.82) is 0 Å². The number of hydrogen-bond acceptors (Lipinski definition) is 6. The molecule has 29 heavy (non-hydrogen) atoms. The third-order valence-electron chi connectivity index (χ3n) is 4.97. The van der Waals surface area contributed by atoms with Crippen LogP contribution in [0, 0.1) is 6.92 Å². The Bertz CT molecular complexity index is 1280. The fourth-order valence-corrected chi connectivity index (χ4v) is 4.49. The van der Waals surface area contributed by atoms with Gasteiger partial charge in [-0.25, -0.2) is 0 Å². The van der Waals surface area contributed by atoms with Crippen molar-refractivity contribution in [1.82, 2.24) is 19.7 Å². The van der Waals surface area contributed by atoms with Gasteiger partial charge in [0.2, 0.25) is 6.79 Å². The van der Waals surface area contributed by atoms with Crippen molar-refractivity contribution in [3.63, 3.8) is 0 Å². The number of H-pyrrole nitrogens is 1. The number of pyridine rings is 1. The molecule has 1 N–H and O–H groups in total. The molecule has 146 valence electrons. The summed E-state index contributed by atoms with van der Waals surface area (Å²) in [6.45, 7) is 4.87. The normalized spacial score (nSPS) is 12.6. The zero-order chi connectivity index (χ0) is 20.0. The van der Waals surface area contributed by atoms with E-state index in [1.54, 1.807) is 0 Å². The number of nitrogens with zero attached hydrogens (tertiary/aromatic N) is 3. The number of aromatic amines is 1. The molecular formula is C21H18N4O3S. The van der Waals surface area contributed by atoms with Crippen LogP contribution in [0.2, 0.25) is 0 Å². The summed E-state index contributed by atoms with van der Waals surface area (Å²) in [5.74, 6) is 2.12. The first-order valence-electron chi connectivity index (χ1n) is 9.28.